The van der Waals surface area contributed by atoms with Crippen molar-refractivity contribution >= 4 is 5.70 Å². The Kier molecular flexibility index (Phi) is 5.85. The lowest BCUT2D eigenvalue weighted by atomic mass is 9.66. The highest BCUT2D eigenvalue weighted by Gasteiger charge is 2.51. The van der Waals surface area contributed by atoms with E-state index in [9.17, 15) is 0 Å². The van der Waals surface area contributed by atoms with Crippen LogP contribution in [0.25, 0.3) is 28.0 Å². The lowest BCUT2D eigenvalue weighted by Gasteiger charge is -2.39. The minimum absolute atomic E-state index is 0.231. The lowest BCUT2D eigenvalue weighted by Crippen LogP contribution is -2.40. The Bertz CT molecular complexity index is 2470. The number of rotatable bonds is 3. The fourth-order valence-corrected chi connectivity index (χ4v) is 8.16. The van der Waals surface area contributed by atoms with Crippen molar-refractivity contribution in [3.8, 4) is 33.8 Å². The highest BCUT2D eigenvalue weighted by atomic mass is 16.5. The van der Waals surface area contributed by atoms with E-state index in [0.717, 1.165) is 33.3 Å². The number of fused-ring (bicyclic) bond motifs is 10. The van der Waals surface area contributed by atoms with Crippen molar-refractivity contribution in [3.63, 3.8) is 0 Å². The summed E-state index contributed by atoms with van der Waals surface area (Å²) in [5.41, 5.74) is 12.6. The molecule has 3 nitrogen and oxygen atoms in total. The van der Waals surface area contributed by atoms with E-state index in [1.807, 2.05) is 0 Å². The van der Waals surface area contributed by atoms with Gasteiger partial charge in [0.1, 0.15) is 17.7 Å². The zero-order valence-electron chi connectivity index (χ0n) is 26.1. The lowest BCUT2D eigenvalue weighted by molar-refractivity contribution is 0.436. The molecule has 1 unspecified atom stereocenters. The minimum Gasteiger partial charge on any atom is -0.457 e. The van der Waals surface area contributed by atoms with Gasteiger partial charge in [0.25, 0.3) is 0 Å². The Hall–Kier alpha value is -6.19. The topological polar surface area (TPSA) is 33.6 Å². The van der Waals surface area contributed by atoms with Crippen LogP contribution in [-0.4, -0.2) is 0 Å². The van der Waals surface area contributed by atoms with Crippen molar-refractivity contribution in [2.24, 2.45) is 4.99 Å². The third-order valence-electron chi connectivity index (χ3n) is 10.2. The maximum absolute atomic E-state index is 6.56. The zero-order valence-corrected chi connectivity index (χ0v) is 26.1. The van der Waals surface area contributed by atoms with Crippen molar-refractivity contribution < 1.29 is 4.74 Å². The molecule has 1 N–H and O–H groups in total. The molecule has 7 aromatic rings. The Balaban J connectivity index is 1.20. The summed E-state index contributed by atoms with van der Waals surface area (Å²) in [5, 5.41) is 6.01. The third kappa shape index (κ3) is 3.79. The summed E-state index contributed by atoms with van der Waals surface area (Å²) in [4.78, 5) is 5.23. The Morgan fingerprint density at radius 1 is 0.479 bits per heavy atom. The number of nitrogens with one attached hydrogen (secondary N) is 1. The van der Waals surface area contributed by atoms with Crippen LogP contribution in [0.4, 0.5) is 0 Å². The second kappa shape index (κ2) is 10.4. The zero-order chi connectivity index (χ0) is 31.7. The van der Waals surface area contributed by atoms with E-state index < -0.39 is 5.41 Å². The van der Waals surface area contributed by atoms with Crippen LogP contribution >= 0.6 is 0 Å². The van der Waals surface area contributed by atoms with Gasteiger partial charge in [-0.05, 0) is 57.1 Å². The summed E-state index contributed by atoms with van der Waals surface area (Å²) in [6, 6.07) is 60.6. The van der Waals surface area contributed by atoms with E-state index in [2.05, 4.69) is 175 Å². The molecule has 0 saturated heterocycles. The van der Waals surface area contributed by atoms with Gasteiger partial charge in [0.05, 0.1) is 16.5 Å². The monoisotopic (exact) mass is 614 g/mol. The molecule has 10 rings (SSSR count). The number of nitrogens with zero attached hydrogens (tertiary/aromatic N) is 1. The van der Waals surface area contributed by atoms with Crippen LogP contribution in [0.15, 0.2) is 175 Å². The van der Waals surface area contributed by atoms with Crippen LogP contribution in [0, 0.1) is 0 Å². The molecule has 0 fully saturated rings. The Labute approximate surface area is 279 Å². The summed E-state index contributed by atoms with van der Waals surface area (Å²) in [6.07, 6.45) is -0.231. The predicted molar refractivity (Wildman–Crippen MR) is 191 cm³/mol. The fraction of sp³-hybridized carbons (Fsp3) is 0.0444. The molecule has 2 aliphatic heterocycles. The molecule has 7 aromatic carbocycles. The molecule has 1 aliphatic carbocycles. The van der Waals surface area contributed by atoms with Crippen molar-refractivity contribution in [1.82, 2.24) is 5.32 Å². The van der Waals surface area contributed by atoms with E-state index in [1.54, 1.807) is 0 Å². The Morgan fingerprint density at radius 3 is 1.83 bits per heavy atom. The second-order valence-electron chi connectivity index (χ2n) is 12.7. The van der Waals surface area contributed by atoms with Crippen LogP contribution in [0.5, 0.6) is 11.5 Å². The van der Waals surface area contributed by atoms with E-state index in [0.29, 0.717) is 0 Å². The van der Waals surface area contributed by atoms with Crippen LogP contribution in [0.1, 0.15) is 39.5 Å². The fourth-order valence-electron chi connectivity index (χ4n) is 8.16. The second-order valence-corrected chi connectivity index (χ2v) is 12.7. The van der Waals surface area contributed by atoms with Gasteiger partial charge in [-0.25, -0.2) is 0 Å². The standard InChI is InChI=1S/C45H30N2O/c1-2-13-29(14-3-1)30-25-27-31(28-26-30)44-46-39-22-9-5-16-33(39)43(47-44)34-17-12-21-38-42(34)32-15-4-6-18-35(32)45(38)36-19-7-10-23-40(36)48-41-24-11-8-20-37(41)45/h1-28,44,47H. The minimum atomic E-state index is -0.515. The quantitative estimate of drug-likeness (QED) is 0.216. The van der Waals surface area contributed by atoms with Crippen molar-refractivity contribution in [2.75, 3.05) is 0 Å². The average molecular weight is 615 g/mol. The van der Waals surface area contributed by atoms with Gasteiger partial charge in [-0.2, -0.15) is 0 Å². The smallest absolute Gasteiger partial charge is 0.145 e. The van der Waals surface area contributed by atoms with E-state index >= 15 is 0 Å². The number of benzene rings is 7. The van der Waals surface area contributed by atoms with Crippen molar-refractivity contribution in [3.05, 3.63) is 214 Å². The molecular weight excluding hydrogens is 585 g/mol. The number of ether oxygens (including phenoxy) is 1. The maximum Gasteiger partial charge on any atom is 0.145 e. The van der Waals surface area contributed by atoms with Gasteiger partial charge in [-0.15, -0.1) is 0 Å². The first-order valence-electron chi connectivity index (χ1n) is 16.5. The summed E-state index contributed by atoms with van der Waals surface area (Å²) >= 11 is 0. The summed E-state index contributed by atoms with van der Waals surface area (Å²) in [6.45, 7) is 0. The van der Waals surface area contributed by atoms with Crippen LogP contribution < -0.4 is 20.6 Å². The first-order chi connectivity index (χ1) is 23.8. The molecule has 0 radical (unpaired) electrons. The van der Waals surface area contributed by atoms with Crippen molar-refractivity contribution in [2.45, 2.75) is 11.6 Å². The first-order valence-corrected chi connectivity index (χ1v) is 16.5. The Morgan fingerprint density at radius 2 is 1.06 bits per heavy atom. The summed E-state index contributed by atoms with van der Waals surface area (Å²) in [5.74, 6) is 1.80. The third-order valence-corrected chi connectivity index (χ3v) is 10.2. The normalized spacial score (nSPS) is 15.9. The largest absolute Gasteiger partial charge is 0.457 e. The molecule has 3 heteroatoms. The molecule has 1 spiro atoms. The summed E-state index contributed by atoms with van der Waals surface area (Å²) < 4.78 is 6.56. The van der Waals surface area contributed by atoms with Gasteiger partial charge in [0.2, 0.25) is 0 Å². The average Bonchev–Trinajstić information content (AvgIpc) is 3.46. The van der Waals surface area contributed by atoms with E-state index in [1.165, 1.54) is 50.1 Å². The first kappa shape index (κ1) is 27.0. The molecule has 1 atom stereocenters. The molecule has 0 bridgehead atoms. The molecule has 0 saturated carbocycles. The molecule has 226 valence electrons. The number of hydrogen-bond acceptors (Lipinski definition) is 3. The maximum atomic E-state index is 6.56. The van der Waals surface area contributed by atoms with Gasteiger partial charge in [0, 0.05) is 21.9 Å². The predicted octanol–water partition coefficient (Wildman–Crippen LogP) is 8.90. The van der Waals surface area contributed by atoms with Gasteiger partial charge in [0.15, 0.2) is 0 Å². The molecular formula is C45H30N2O. The molecule has 0 amide bonds. The van der Waals surface area contributed by atoms with Gasteiger partial charge in [-0.3, -0.25) is 4.99 Å². The number of para-hydroxylation sites is 3. The van der Waals surface area contributed by atoms with Gasteiger partial charge >= 0.3 is 0 Å². The summed E-state index contributed by atoms with van der Waals surface area (Å²) in [7, 11) is 0. The number of hydrogen-bond donors (Lipinski definition) is 1. The highest BCUT2D eigenvalue weighted by molar-refractivity contribution is 5.94. The SMILES string of the molecule is c1ccc(-c2ccc(C3N=c4ccccc4=C(c4cccc5c4-c4ccccc4C54c5ccccc5Oc5ccccc54)N3)cc2)cc1. The van der Waals surface area contributed by atoms with E-state index in [4.69, 9.17) is 9.73 Å². The molecule has 48 heavy (non-hydrogen) atoms. The highest BCUT2D eigenvalue weighted by Crippen LogP contribution is 2.62. The molecule has 3 aliphatic rings. The van der Waals surface area contributed by atoms with Crippen LogP contribution in [-0.2, 0) is 5.41 Å². The van der Waals surface area contributed by atoms with Crippen LogP contribution in [0.2, 0.25) is 0 Å². The van der Waals surface area contributed by atoms with Crippen LogP contribution in [0.3, 0.4) is 0 Å². The molecule has 2 heterocycles. The van der Waals surface area contributed by atoms with Crippen molar-refractivity contribution in [1.29, 1.82) is 0 Å². The van der Waals surface area contributed by atoms with E-state index in [-0.39, 0.29) is 6.17 Å². The molecule has 0 aromatic heterocycles. The van der Waals surface area contributed by atoms with Gasteiger partial charge in [-0.1, -0.05) is 152 Å². The van der Waals surface area contributed by atoms with Gasteiger partial charge < -0.3 is 10.1 Å².